The van der Waals surface area contributed by atoms with Crippen LogP contribution in [0.2, 0.25) is 0 Å². The third kappa shape index (κ3) is 8.45. The van der Waals surface area contributed by atoms with Crippen LogP contribution in [0, 0.1) is 5.92 Å². The van der Waals surface area contributed by atoms with Crippen molar-refractivity contribution >= 4 is 17.8 Å². The number of nitrogens with one attached hydrogen (secondary N) is 3. The molecular formula is C30H45N5O. The zero-order valence-electron chi connectivity index (χ0n) is 23.1. The Kier molecular flexibility index (Phi) is 9.69. The standard InChI is InChI=1S/C30H45N5O/c1-8-35(7)20-28(21(2)3)31-19-22(4)32-23(5)25-10-9-11-27(18-25)33-29(36)24-14-16-30(6,17-15-24)34-26-12-13-26/h9-11,14-16,18-23,26,32,34H,8,12-13,17H2,1-7H3,(H,33,36)/b28-20+,31-19?/t22?,23-,30?/m0/s1. The Morgan fingerprint density at radius 1 is 1.25 bits per heavy atom. The van der Waals surface area contributed by atoms with E-state index >= 15 is 0 Å². The zero-order valence-corrected chi connectivity index (χ0v) is 23.1. The van der Waals surface area contributed by atoms with Gasteiger partial charge in [-0.15, -0.1) is 0 Å². The van der Waals surface area contributed by atoms with E-state index in [0.29, 0.717) is 17.5 Å². The first-order chi connectivity index (χ1) is 17.1. The third-order valence-electron chi connectivity index (χ3n) is 6.80. The molecule has 3 rings (SSSR count). The fourth-order valence-corrected chi connectivity index (χ4v) is 4.17. The predicted octanol–water partition coefficient (Wildman–Crippen LogP) is 5.58. The quantitative estimate of drug-likeness (QED) is 0.334. The van der Waals surface area contributed by atoms with Crippen molar-refractivity contribution in [2.45, 2.75) is 84.5 Å². The molecule has 1 saturated carbocycles. The molecule has 0 spiro atoms. The highest BCUT2D eigenvalue weighted by Gasteiger charge is 2.31. The lowest BCUT2D eigenvalue weighted by Gasteiger charge is -2.29. The normalized spacial score (nSPS) is 22.0. The van der Waals surface area contributed by atoms with Crippen LogP contribution in [0.3, 0.4) is 0 Å². The van der Waals surface area contributed by atoms with Crippen molar-refractivity contribution in [2.24, 2.45) is 10.9 Å². The lowest BCUT2D eigenvalue weighted by Crippen LogP contribution is -2.42. The molecule has 1 amide bonds. The summed E-state index contributed by atoms with van der Waals surface area (Å²) in [4.78, 5) is 19.8. The molecular weight excluding hydrogens is 446 g/mol. The molecule has 1 aromatic rings. The first-order valence-electron chi connectivity index (χ1n) is 13.4. The van der Waals surface area contributed by atoms with Crippen LogP contribution in [0.25, 0.3) is 0 Å². The summed E-state index contributed by atoms with van der Waals surface area (Å²) in [5.41, 5.74) is 3.66. The molecule has 0 radical (unpaired) electrons. The second-order valence-corrected chi connectivity index (χ2v) is 10.8. The minimum Gasteiger partial charge on any atom is -0.379 e. The second-order valence-electron chi connectivity index (χ2n) is 10.8. The molecule has 2 unspecified atom stereocenters. The summed E-state index contributed by atoms with van der Waals surface area (Å²) < 4.78 is 0. The first kappa shape index (κ1) is 27.9. The number of nitrogens with zero attached hydrogens (tertiary/aromatic N) is 2. The van der Waals surface area contributed by atoms with Gasteiger partial charge in [0, 0.05) is 60.9 Å². The van der Waals surface area contributed by atoms with Gasteiger partial charge in [0.15, 0.2) is 0 Å². The molecule has 0 aliphatic heterocycles. The van der Waals surface area contributed by atoms with Crippen LogP contribution in [0.15, 0.2) is 65.0 Å². The number of rotatable bonds is 12. The Morgan fingerprint density at radius 2 is 2.00 bits per heavy atom. The van der Waals surface area contributed by atoms with Gasteiger partial charge in [-0.05, 0) is 70.6 Å². The zero-order chi connectivity index (χ0) is 26.3. The van der Waals surface area contributed by atoms with E-state index in [-0.39, 0.29) is 23.5 Å². The highest BCUT2D eigenvalue weighted by Crippen LogP contribution is 2.28. The van der Waals surface area contributed by atoms with Gasteiger partial charge in [-0.25, -0.2) is 0 Å². The van der Waals surface area contributed by atoms with Gasteiger partial charge in [-0.2, -0.15) is 0 Å². The molecule has 1 fully saturated rings. The average molecular weight is 492 g/mol. The van der Waals surface area contributed by atoms with Gasteiger partial charge in [0.1, 0.15) is 0 Å². The van der Waals surface area contributed by atoms with Crippen molar-refractivity contribution in [2.75, 3.05) is 18.9 Å². The van der Waals surface area contributed by atoms with E-state index in [4.69, 9.17) is 4.99 Å². The van der Waals surface area contributed by atoms with Gasteiger partial charge in [0.05, 0.1) is 5.70 Å². The number of anilines is 1. The minimum absolute atomic E-state index is 0.0520. The molecule has 36 heavy (non-hydrogen) atoms. The van der Waals surface area contributed by atoms with E-state index in [1.165, 1.54) is 12.8 Å². The fraction of sp³-hybridized carbons (Fsp3) is 0.533. The average Bonchev–Trinajstić information content (AvgIpc) is 3.65. The van der Waals surface area contributed by atoms with E-state index in [1.54, 1.807) is 0 Å². The van der Waals surface area contributed by atoms with Crippen molar-refractivity contribution in [1.82, 2.24) is 15.5 Å². The number of aliphatic imine (C=N–C) groups is 1. The maximum atomic E-state index is 12.9. The molecule has 1 aromatic carbocycles. The summed E-state index contributed by atoms with van der Waals surface area (Å²) in [6.07, 6.45) is 13.5. The van der Waals surface area contributed by atoms with Crippen molar-refractivity contribution in [1.29, 1.82) is 0 Å². The Morgan fingerprint density at radius 3 is 2.61 bits per heavy atom. The molecule has 196 valence electrons. The molecule has 0 aromatic heterocycles. The van der Waals surface area contributed by atoms with Crippen LogP contribution in [-0.2, 0) is 4.79 Å². The highest BCUT2D eigenvalue weighted by molar-refractivity contribution is 6.06. The summed E-state index contributed by atoms with van der Waals surface area (Å²) in [6.45, 7) is 13.9. The van der Waals surface area contributed by atoms with Crippen LogP contribution < -0.4 is 16.0 Å². The fourth-order valence-electron chi connectivity index (χ4n) is 4.17. The van der Waals surface area contributed by atoms with Crippen LogP contribution >= 0.6 is 0 Å². The third-order valence-corrected chi connectivity index (χ3v) is 6.80. The molecule has 0 saturated heterocycles. The van der Waals surface area contributed by atoms with E-state index in [2.05, 4.69) is 87.8 Å². The lowest BCUT2D eigenvalue weighted by molar-refractivity contribution is -0.112. The van der Waals surface area contributed by atoms with E-state index < -0.39 is 0 Å². The number of carbonyl (C=O) groups is 1. The van der Waals surface area contributed by atoms with E-state index in [0.717, 1.165) is 29.9 Å². The van der Waals surface area contributed by atoms with Crippen molar-refractivity contribution in [3.8, 4) is 0 Å². The maximum absolute atomic E-state index is 12.9. The summed E-state index contributed by atoms with van der Waals surface area (Å²) >= 11 is 0. The van der Waals surface area contributed by atoms with Gasteiger partial charge in [0.2, 0.25) is 0 Å². The topological polar surface area (TPSA) is 68.8 Å². The van der Waals surface area contributed by atoms with Gasteiger partial charge < -0.3 is 20.9 Å². The minimum atomic E-state index is -0.0666. The Bertz CT molecular complexity index is 1020. The van der Waals surface area contributed by atoms with Crippen molar-refractivity contribution < 1.29 is 4.79 Å². The van der Waals surface area contributed by atoms with Crippen LogP contribution in [0.4, 0.5) is 5.69 Å². The van der Waals surface area contributed by atoms with Crippen LogP contribution in [0.1, 0.15) is 72.4 Å². The number of hydrogen-bond acceptors (Lipinski definition) is 5. The maximum Gasteiger partial charge on any atom is 0.255 e. The van der Waals surface area contributed by atoms with Gasteiger partial charge in [0.25, 0.3) is 5.91 Å². The smallest absolute Gasteiger partial charge is 0.255 e. The molecule has 3 atom stereocenters. The predicted molar refractivity (Wildman–Crippen MR) is 152 cm³/mol. The molecule has 2 aliphatic carbocycles. The number of carbonyl (C=O) groups excluding carboxylic acids is 1. The summed E-state index contributed by atoms with van der Waals surface area (Å²) in [5.74, 6) is 0.292. The molecule has 0 heterocycles. The molecule has 3 N–H and O–H groups in total. The molecule has 6 nitrogen and oxygen atoms in total. The monoisotopic (exact) mass is 491 g/mol. The Labute approximate surface area is 218 Å². The Balaban J connectivity index is 1.56. The number of allylic oxidation sites excluding steroid dienone is 1. The van der Waals surface area contributed by atoms with E-state index in [1.807, 2.05) is 36.6 Å². The number of benzene rings is 1. The molecule has 0 bridgehead atoms. The molecule has 6 heteroatoms. The summed E-state index contributed by atoms with van der Waals surface area (Å²) in [7, 11) is 2.07. The number of amides is 1. The van der Waals surface area contributed by atoms with Crippen molar-refractivity contribution in [3.05, 3.63) is 65.5 Å². The van der Waals surface area contributed by atoms with Crippen LogP contribution in [-0.4, -0.2) is 48.2 Å². The Hall–Kier alpha value is -2.70. The largest absolute Gasteiger partial charge is 0.379 e. The van der Waals surface area contributed by atoms with Gasteiger partial charge >= 0.3 is 0 Å². The number of hydrogen-bond donors (Lipinski definition) is 3. The molecule has 2 aliphatic rings. The SMILES string of the molecule is CCN(C)/C=C(/N=CC(C)N[C@@H](C)c1cccc(NC(=O)C2=CCC(C)(NC3CC3)C=C2)c1)C(C)C. The van der Waals surface area contributed by atoms with E-state index in [9.17, 15) is 4.79 Å². The van der Waals surface area contributed by atoms with Crippen LogP contribution in [0.5, 0.6) is 0 Å². The van der Waals surface area contributed by atoms with Crippen molar-refractivity contribution in [3.63, 3.8) is 0 Å². The summed E-state index contributed by atoms with van der Waals surface area (Å²) in [5, 5.41) is 10.3. The summed E-state index contributed by atoms with van der Waals surface area (Å²) in [6, 6.07) is 8.90. The first-order valence-corrected chi connectivity index (χ1v) is 13.4. The van der Waals surface area contributed by atoms with Gasteiger partial charge in [-0.1, -0.05) is 44.2 Å². The second kappa shape index (κ2) is 12.5. The lowest BCUT2D eigenvalue weighted by atomic mass is 9.90. The highest BCUT2D eigenvalue weighted by atomic mass is 16.1. The van der Waals surface area contributed by atoms with Gasteiger partial charge in [-0.3, -0.25) is 9.79 Å².